The summed E-state index contributed by atoms with van der Waals surface area (Å²) in [6.07, 6.45) is 1.02. The van der Waals surface area contributed by atoms with Gasteiger partial charge in [0.15, 0.2) is 0 Å². The van der Waals surface area contributed by atoms with Gasteiger partial charge in [-0.15, -0.1) is 0 Å². The summed E-state index contributed by atoms with van der Waals surface area (Å²) < 4.78 is 0. The van der Waals surface area contributed by atoms with Gasteiger partial charge < -0.3 is 4.84 Å². The lowest BCUT2D eigenvalue weighted by molar-refractivity contribution is -0.135. The SMILES string of the molecule is CON(C)C(C)Cc1ccccc1. The highest BCUT2D eigenvalue weighted by Gasteiger charge is 2.08. The molecule has 0 spiro atoms. The summed E-state index contributed by atoms with van der Waals surface area (Å²) in [7, 11) is 3.65. The highest BCUT2D eigenvalue weighted by Crippen LogP contribution is 2.06. The van der Waals surface area contributed by atoms with Crippen LogP contribution in [0.1, 0.15) is 12.5 Å². The van der Waals surface area contributed by atoms with Crippen LogP contribution in [0, 0.1) is 0 Å². The first-order valence-electron chi connectivity index (χ1n) is 4.55. The first kappa shape index (κ1) is 10.2. The van der Waals surface area contributed by atoms with E-state index in [1.54, 1.807) is 7.11 Å². The third-order valence-corrected chi connectivity index (χ3v) is 2.28. The van der Waals surface area contributed by atoms with E-state index in [1.165, 1.54) is 5.56 Å². The van der Waals surface area contributed by atoms with Gasteiger partial charge in [0, 0.05) is 13.1 Å². The minimum Gasteiger partial charge on any atom is -0.302 e. The van der Waals surface area contributed by atoms with Crippen LogP contribution in [0.3, 0.4) is 0 Å². The van der Waals surface area contributed by atoms with Gasteiger partial charge in [-0.2, -0.15) is 5.06 Å². The molecule has 2 nitrogen and oxygen atoms in total. The summed E-state index contributed by atoms with van der Waals surface area (Å²) in [5, 5.41) is 1.87. The average molecular weight is 179 g/mol. The van der Waals surface area contributed by atoms with Crippen LogP contribution in [-0.4, -0.2) is 25.3 Å². The van der Waals surface area contributed by atoms with Gasteiger partial charge in [0.2, 0.25) is 0 Å². The maximum atomic E-state index is 5.12. The van der Waals surface area contributed by atoms with Gasteiger partial charge in [-0.25, -0.2) is 0 Å². The van der Waals surface area contributed by atoms with Crippen LogP contribution >= 0.6 is 0 Å². The molecule has 72 valence electrons. The van der Waals surface area contributed by atoms with E-state index in [1.807, 2.05) is 18.2 Å². The standard InChI is InChI=1S/C11H17NO/c1-10(12(2)13-3)9-11-7-5-4-6-8-11/h4-8,10H,9H2,1-3H3. The highest BCUT2D eigenvalue weighted by atomic mass is 16.7. The average Bonchev–Trinajstić information content (AvgIpc) is 2.18. The molecule has 1 rings (SSSR count). The molecule has 0 saturated heterocycles. The van der Waals surface area contributed by atoms with Crippen LogP contribution in [0.2, 0.25) is 0 Å². The van der Waals surface area contributed by atoms with Gasteiger partial charge in [-0.3, -0.25) is 0 Å². The molecule has 1 atom stereocenters. The molecule has 1 aromatic carbocycles. The molecule has 0 aliphatic heterocycles. The van der Waals surface area contributed by atoms with E-state index in [0.29, 0.717) is 6.04 Å². The van der Waals surface area contributed by atoms with E-state index in [4.69, 9.17) is 4.84 Å². The van der Waals surface area contributed by atoms with E-state index < -0.39 is 0 Å². The predicted molar refractivity (Wildman–Crippen MR) is 54.4 cm³/mol. The molecule has 1 aromatic rings. The Morgan fingerprint density at radius 3 is 2.46 bits per heavy atom. The first-order valence-corrected chi connectivity index (χ1v) is 4.55. The van der Waals surface area contributed by atoms with Gasteiger partial charge in [-0.05, 0) is 18.9 Å². The van der Waals surface area contributed by atoms with Crippen molar-refractivity contribution in [1.29, 1.82) is 0 Å². The monoisotopic (exact) mass is 179 g/mol. The van der Waals surface area contributed by atoms with Crippen LogP contribution in [0.25, 0.3) is 0 Å². The van der Waals surface area contributed by atoms with Gasteiger partial charge >= 0.3 is 0 Å². The zero-order valence-corrected chi connectivity index (χ0v) is 8.53. The van der Waals surface area contributed by atoms with E-state index in [0.717, 1.165) is 6.42 Å². The number of likely N-dealkylation sites (N-methyl/N-ethyl adjacent to an activating group) is 1. The third-order valence-electron chi connectivity index (χ3n) is 2.28. The van der Waals surface area contributed by atoms with Gasteiger partial charge in [-0.1, -0.05) is 30.3 Å². The summed E-state index contributed by atoms with van der Waals surface area (Å²) in [4.78, 5) is 5.12. The van der Waals surface area contributed by atoms with Crippen molar-refractivity contribution in [2.24, 2.45) is 0 Å². The van der Waals surface area contributed by atoms with Gasteiger partial charge in [0.05, 0.1) is 7.11 Å². The fourth-order valence-electron chi connectivity index (χ4n) is 1.26. The maximum absolute atomic E-state index is 5.12. The molecule has 0 aliphatic carbocycles. The molecule has 2 heteroatoms. The molecule has 0 N–H and O–H groups in total. The number of nitrogens with zero attached hydrogens (tertiary/aromatic N) is 1. The lowest BCUT2D eigenvalue weighted by Crippen LogP contribution is -2.29. The fraction of sp³-hybridized carbons (Fsp3) is 0.455. The second-order valence-electron chi connectivity index (χ2n) is 3.27. The van der Waals surface area contributed by atoms with E-state index in [-0.39, 0.29) is 0 Å². The largest absolute Gasteiger partial charge is 0.302 e. The molecule has 0 radical (unpaired) electrons. The van der Waals surface area contributed by atoms with Crippen molar-refractivity contribution >= 4 is 0 Å². The second-order valence-corrected chi connectivity index (χ2v) is 3.27. The quantitative estimate of drug-likeness (QED) is 0.656. The number of benzene rings is 1. The number of hydrogen-bond acceptors (Lipinski definition) is 2. The topological polar surface area (TPSA) is 12.5 Å². The number of rotatable bonds is 4. The van der Waals surface area contributed by atoms with Crippen molar-refractivity contribution in [2.45, 2.75) is 19.4 Å². The molecule has 0 heterocycles. The predicted octanol–water partition coefficient (Wildman–Crippen LogP) is 2.11. The van der Waals surface area contributed by atoms with Crippen LogP contribution in [0.4, 0.5) is 0 Å². The Labute approximate surface area is 80.1 Å². The minimum atomic E-state index is 0.410. The first-order chi connectivity index (χ1) is 6.24. The van der Waals surface area contributed by atoms with Crippen molar-refractivity contribution in [2.75, 3.05) is 14.2 Å². The lowest BCUT2D eigenvalue weighted by Gasteiger charge is -2.21. The van der Waals surface area contributed by atoms with Crippen molar-refractivity contribution in [3.8, 4) is 0 Å². The van der Waals surface area contributed by atoms with E-state index in [2.05, 4.69) is 31.2 Å². The third kappa shape index (κ3) is 3.17. The Bertz CT molecular complexity index is 235. The van der Waals surface area contributed by atoms with Crippen molar-refractivity contribution in [1.82, 2.24) is 5.06 Å². The van der Waals surface area contributed by atoms with Crippen LogP contribution < -0.4 is 0 Å². The summed E-state index contributed by atoms with van der Waals surface area (Å²) in [6.45, 7) is 2.15. The Hall–Kier alpha value is -0.860. The molecule has 1 unspecified atom stereocenters. The molecule has 0 saturated carbocycles. The summed E-state index contributed by atoms with van der Waals surface area (Å²) in [5.41, 5.74) is 1.35. The maximum Gasteiger partial charge on any atom is 0.0575 e. The summed E-state index contributed by atoms with van der Waals surface area (Å²) >= 11 is 0. The number of hydrogen-bond donors (Lipinski definition) is 0. The van der Waals surface area contributed by atoms with Gasteiger partial charge in [0.25, 0.3) is 0 Å². The highest BCUT2D eigenvalue weighted by molar-refractivity contribution is 5.15. The molecule has 0 aliphatic rings. The van der Waals surface area contributed by atoms with Crippen LogP contribution in [-0.2, 0) is 11.3 Å². The summed E-state index contributed by atoms with van der Waals surface area (Å²) in [5.74, 6) is 0. The lowest BCUT2D eigenvalue weighted by atomic mass is 10.1. The molecular weight excluding hydrogens is 162 g/mol. The minimum absolute atomic E-state index is 0.410. The van der Waals surface area contributed by atoms with Crippen LogP contribution in [0.5, 0.6) is 0 Å². The van der Waals surface area contributed by atoms with E-state index >= 15 is 0 Å². The Balaban J connectivity index is 2.50. The zero-order chi connectivity index (χ0) is 9.68. The molecular formula is C11H17NO. The van der Waals surface area contributed by atoms with Crippen LogP contribution in [0.15, 0.2) is 30.3 Å². The Morgan fingerprint density at radius 2 is 1.92 bits per heavy atom. The number of hydroxylamine groups is 2. The smallest absolute Gasteiger partial charge is 0.0575 e. The molecule has 0 fully saturated rings. The van der Waals surface area contributed by atoms with Crippen molar-refractivity contribution in [3.63, 3.8) is 0 Å². The molecule has 0 aromatic heterocycles. The normalized spacial score (nSPS) is 13.2. The molecule has 13 heavy (non-hydrogen) atoms. The summed E-state index contributed by atoms with van der Waals surface area (Å²) in [6, 6.07) is 10.9. The Morgan fingerprint density at radius 1 is 1.31 bits per heavy atom. The van der Waals surface area contributed by atoms with Crippen molar-refractivity contribution < 1.29 is 4.84 Å². The van der Waals surface area contributed by atoms with Gasteiger partial charge in [0.1, 0.15) is 0 Å². The van der Waals surface area contributed by atoms with E-state index in [9.17, 15) is 0 Å². The molecule has 0 bridgehead atoms. The zero-order valence-electron chi connectivity index (χ0n) is 8.53. The Kier molecular flexibility index (Phi) is 3.93. The van der Waals surface area contributed by atoms with Crippen molar-refractivity contribution in [3.05, 3.63) is 35.9 Å². The second kappa shape index (κ2) is 5.00. The molecule has 0 amide bonds. The fourth-order valence-corrected chi connectivity index (χ4v) is 1.26.